The van der Waals surface area contributed by atoms with E-state index in [1.165, 1.54) is 0 Å². The molecule has 2 heterocycles. The Morgan fingerprint density at radius 1 is 1.31 bits per heavy atom. The van der Waals surface area contributed by atoms with Crippen molar-refractivity contribution < 1.29 is 4.74 Å². The third-order valence-corrected chi connectivity index (χ3v) is 6.99. The number of halogens is 1. The number of hydrogen-bond acceptors (Lipinski definition) is 5. The number of aromatic nitrogens is 3. The van der Waals surface area contributed by atoms with E-state index in [1.54, 1.807) is 18.0 Å². The fourth-order valence-corrected chi connectivity index (χ4v) is 4.48. The molecule has 0 bridgehead atoms. The highest BCUT2D eigenvalue weighted by Gasteiger charge is 2.14. The summed E-state index contributed by atoms with van der Waals surface area (Å²) in [6.07, 6.45) is 3.77. The molecule has 0 aliphatic rings. The molecule has 0 aliphatic heterocycles. The van der Waals surface area contributed by atoms with Crippen LogP contribution in [-0.4, -0.2) is 29.2 Å². The van der Waals surface area contributed by atoms with E-state index < -0.39 is 8.07 Å². The Balaban J connectivity index is 1.73. The molecular weight excluding hydrogens is 428 g/mol. The number of nitrogens with zero attached hydrogens (tertiary/aromatic N) is 3. The molecular formula is C18H23BrN4OSSi. The molecule has 8 heteroatoms. The largest absolute Gasteiger partial charge is 0.399 e. The van der Waals surface area contributed by atoms with Gasteiger partial charge in [-0.2, -0.15) is 0 Å². The van der Waals surface area contributed by atoms with Crippen molar-refractivity contribution >= 4 is 52.6 Å². The topological polar surface area (TPSA) is 66.0 Å². The molecule has 0 saturated carbocycles. The molecule has 2 aromatic heterocycles. The lowest BCUT2D eigenvalue weighted by Gasteiger charge is -2.15. The minimum absolute atomic E-state index is 0.489. The van der Waals surface area contributed by atoms with Gasteiger partial charge in [-0.05, 0) is 40.2 Å². The zero-order valence-corrected chi connectivity index (χ0v) is 18.6. The summed E-state index contributed by atoms with van der Waals surface area (Å²) in [6.45, 7) is 8.32. The van der Waals surface area contributed by atoms with Crippen molar-refractivity contribution in [2.24, 2.45) is 0 Å². The maximum atomic E-state index is 5.85. The lowest BCUT2D eigenvalue weighted by atomic mass is 10.3. The Bertz CT molecular complexity index is 910. The van der Waals surface area contributed by atoms with Crippen LogP contribution in [0.1, 0.15) is 0 Å². The minimum atomic E-state index is -1.08. The Morgan fingerprint density at radius 3 is 2.85 bits per heavy atom. The van der Waals surface area contributed by atoms with Gasteiger partial charge < -0.3 is 15.0 Å². The Morgan fingerprint density at radius 2 is 2.12 bits per heavy atom. The summed E-state index contributed by atoms with van der Waals surface area (Å²) in [5.74, 6) is 0. The van der Waals surface area contributed by atoms with Gasteiger partial charge in [-0.25, -0.2) is 9.97 Å². The van der Waals surface area contributed by atoms with Gasteiger partial charge in [-0.3, -0.25) is 0 Å². The van der Waals surface area contributed by atoms with Crippen LogP contribution in [0.25, 0.3) is 11.2 Å². The maximum Gasteiger partial charge on any atom is 0.161 e. The number of nitrogen functional groups attached to an aromatic ring is 1. The SMILES string of the molecule is C[Si](C)(C)CCOCn1cc(Br)c2nc(Sc3cccc(N)c3)cnc21. The van der Waals surface area contributed by atoms with Gasteiger partial charge >= 0.3 is 0 Å². The van der Waals surface area contributed by atoms with Crippen molar-refractivity contribution in [2.45, 2.75) is 42.3 Å². The van der Waals surface area contributed by atoms with E-state index in [9.17, 15) is 0 Å². The van der Waals surface area contributed by atoms with Crippen LogP contribution >= 0.6 is 27.7 Å². The standard InChI is InChI=1S/C18H23BrN4OSSi/c1-26(2,3)8-7-24-12-23-11-15(19)17-18(23)21-10-16(22-17)25-14-6-4-5-13(20)9-14/h4-6,9-11H,7-8,12,20H2,1-3H3. The van der Waals surface area contributed by atoms with E-state index in [2.05, 4.69) is 40.6 Å². The van der Waals surface area contributed by atoms with E-state index in [1.807, 2.05) is 35.0 Å². The third kappa shape index (κ3) is 5.09. The van der Waals surface area contributed by atoms with Gasteiger partial charge in [0.25, 0.3) is 0 Å². The summed E-state index contributed by atoms with van der Waals surface area (Å²) in [7, 11) is -1.08. The summed E-state index contributed by atoms with van der Waals surface area (Å²) in [5, 5.41) is 0.834. The number of fused-ring (bicyclic) bond motifs is 1. The molecule has 0 atom stereocenters. The molecule has 0 aliphatic carbocycles. The van der Waals surface area contributed by atoms with Crippen molar-refractivity contribution in [3.63, 3.8) is 0 Å². The fourth-order valence-electron chi connectivity index (χ4n) is 2.38. The van der Waals surface area contributed by atoms with E-state index >= 15 is 0 Å². The molecule has 2 N–H and O–H groups in total. The van der Waals surface area contributed by atoms with Crippen LogP contribution < -0.4 is 5.73 Å². The van der Waals surface area contributed by atoms with Gasteiger partial charge in [0.2, 0.25) is 0 Å². The van der Waals surface area contributed by atoms with E-state index in [0.717, 1.165) is 43.9 Å². The molecule has 0 radical (unpaired) electrons. The van der Waals surface area contributed by atoms with Crippen molar-refractivity contribution in [2.75, 3.05) is 12.3 Å². The van der Waals surface area contributed by atoms with Crippen LogP contribution in [0.5, 0.6) is 0 Å². The fraction of sp³-hybridized carbons (Fsp3) is 0.333. The first-order valence-corrected chi connectivity index (χ1v) is 13.8. The zero-order valence-electron chi connectivity index (χ0n) is 15.2. The molecule has 0 fully saturated rings. The van der Waals surface area contributed by atoms with Crippen molar-refractivity contribution in [1.29, 1.82) is 0 Å². The monoisotopic (exact) mass is 450 g/mol. The quantitative estimate of drug-likeness (QED) is 0.302. The Labute approximate surface area is 167 Å². The molecule has 3 rings (SSSR count). The van der Waals surface area contributed by atoms with Crippen LogP contribution in [0, 0.1) is 0 Å². The van der Waals surface area contributed by atoms with Gasteiger partial charge in [-0.1, -0.05) is 37.5 Å². The summed E-state index contributed by atoms with van der Waals surface area (Å²) >= 11 is 5.14. The Hall–Kier alpha value is -1.35. The van der Waals surface area contributed by atoms with Crippen molar-refractivity contribution in [3.05, 3.63) is 41.1 Å². The molecule has 26 heavy (non-hydrogen) atoms. The van der Waals surface area contributed by atoms with Crippen LogP contribution in [0.3, 0.4) is 0 Å². The zero-order chi connectivity index (χ0) is 18.7. The third-order valence-electron chi connectivity index (χ3n) is 3.81. The van der Waals surface area contributed by atoms with Crippen LogP contribution in [0.2, 0.25) is 25.7 Å². The summed E-state index contributed by atoms with van der Waals surface area (Å²) in [5.41, 5.74) is 8.25. The summed E-state index contributed by atoms with van der Waals surface area (Å²) < 4.78 is 8.76. The first kappa shape index (κ1) is 19.4. The van der Waals surface area contributed by atoms with Gasteiger partial charge in [0, 0.05) is 31.5 Å². The van der Waals surface area contributed by atoms with Crippen LogP contribution in [0.4, 0.5) is 5.69 Å². The van der Waals surface area contributed by atoms with E-state index in [0.29, 0.717) is 6.73 Å². The first-order chi connectivity index (χ1) is 12.3. The minimum Gasteiger partial charge on any atom is -0.399 e. The van der Waals surface area contributed by atoms with Crippen molar-refractivity contribution in [3.8, 4) is 0 Å². The predicted octanol–water partition coefficient (Wildman–Crippen LogP) is 5.24. The highest BCUT2D eigenvalue weighted by molar-refractivity contribution is 9.10. The van der Waals surface area contributed by atoms with Gasteiger partial charge in [-0.15, -0.1) is 0 Å². The number of anilines is 1. The maximum absolute atomic E-state index is 5.85. The molecule has 0 amide bonds. The van der Waals surface area contributed by atoms with Gasteiger partial charge in [0.05, 0.1) is 10.7 Å². The normalized spacial score (nSPS) is 12.0. The van der Waals surface area contributed by atoms with E-state index in [-0.39, 0.29) is 0 Å². The van der Waals surface area contributed by atoms with Crippen molar-refractivity contribution in [1.82, 2.24) is 14.5 Å². The molecule has 3 aromatic rings. The number of nitrogens with two attached hydrogens (primary N) is 1. The molecule has 0 saturated heterocycles. The predicted molar refractivity (Wildman–Crippen MR) is 114 cm³/mol. The lowest BCUT2D eigenvalue weighted by molar-refractivity contribution is 0.0898. The Kier molecular flexibility index (Phi) is 6.06. The second-order valence-corrected chi connectivity index (χ2v) is 14.9. The number of rotatable bonds is 7. The molecule has 1 aromatic carbocycles. The molecule has 5 nitrogen and oxygen atoms in total. The molecule has 0 spiro atoms. The highest BCUT2D eigenvalue weighted by Crippen LogP contribution is 2.30. The molecule has 0 unspecified atom stereocenters. The van der Waals surface area contributed by atoms with E-state index in [4.69, 9.17) is 15.5 Å². The average Bonchev–Trinajstić information content (AvgIpc) is 2.87. The highest BCUT2D eigenvalue weighted by atomic mass is 79.9. The first-order valence-electron chi connectivity index (χ1n) is 8.44. The molecule has 138 valence electrons. The second kappa shape index (κ2) is 8.12. The smallest absolute Gasteiger partial charge is 0.161 e. The number of ether oxygens (including phenoxy) is 1. The number of hydrogen-bond donors (Lipinski definition) is 1. The number of benzene rings is 1. The van der Waals surface area contributed by atoms with Gasteiger partial charge in [0.15, 0.2) is 5.65 Å². The average molecular weight is 451 g/mol. The lowest BCUT2D eigenvalue weighted by Crippen LogP contribution is -2.22. The second-order valence-electron chi connectivity index (χ2n) is 7.35. The van der Waals surface area contributed by atoms with Gasteiger partial charge in [0.1, 0.15) is 17.3 Å². The van der Waals surface area contributed by atoms with Crippen LogP contribution in [0.15, 0.2) is 51.1 Å². The van der Waals surface area contributed by atoms with Crippen LogP contribution in [-0.2, 0) is 11.5 Å². The summed E-state index contributed by atoms with van der Waals surface area (Å²) in [4.78, 5) is 10.4. The summed E-state index contributed by atoms with van der Waals surface area (Å²) in [6, 6.07) is 8.91.